The molecule has 2 amide bonds. The molecule has 174 valence electrons. The fourth-order valence-electron chi connectivity index (χ4n) is 3.69. The van der Waals surface area contributed by atoms with Crippen LogP contribution in [0.1, 0.15) is 42.7 Å². The number of aryl methyl sites for hydroxylation is 1. The monoisotopic (exact) mass is 496 g/mol. The number of amides is 2. The van der Waals surface area contributed by atoms with Crippen molar-refractivity contribution in [2.45, 2.75) is 60.7 Å². The Labute approximate surface area is 197 Å². The van der Waals surface area contributed by atoms with Crippen LogP contribution in [0.15, 0.2) is 33.5 Å². The molecule has 0 saturated heterocycles. The zero-order valence-electron chi connectivity index (χ0n) is 18.2. The molecule has 1 heterocycles. The van der Waals surface area contributed by atoms with Gasteiger partial charge >= 0.3 is 0 Å². The molecule has 0 radical (unpaired) electrons. The van der Waals surface area contributed by atoms with Crippen LogP contribution >= 0.6 is 23.1 Å². The number of carbonyl (C=O) groups is 2. The molecule has 32 heavy (non-hydrogen) atoms. The maximum Gasteiger partial charge on any atom is 0.245 e. The molecule has 3 N–H and O–H groups in total. The maximum absolute atomic E-state index is 13.3. The number of para-hydroxylation sites is 1. The SMILES string of the molecule is Cc1nc(SCC(=O)Nc2ccccc2S(=O)(=O)N(C)C2CCCCC2)sc1CC(N)=O. The molecule has 2 aromatic rings. The number of sulfonamides is 1. The molecular formula is C21H28N4O4S3. The summed E-state index contributed by atoms with van der Waals surface area (Å²) in [6, 6.07) is 6.46. The number of nitrogens with zero attached hydrogens (tertiary/aromatic N) is 2. The average Bonchev–Trinajstić information content (AvgIpc) is 3.11. The molecule has 11 heteroatoms. The number of benzene rings is 1. The Balaban J connectivity index is 1.68. The summed E-state index contributed by atoms with van der Waals surface area (Å²) in [5.41, 5.74) is 6.24. The lowest BCUT2D eigenvalue weighted by Gasteiger charge is -2.30. The van der Waals surface area contributed by atoms with Gasteiger partial charge in [0.25, 0.3) is 0 Å². The number of nitrogens with two attached hydrogens (primary N) is 1. The Bertz CT molecular complexity index is 1080. The van der Waals surface area contributed by atoms with Crippen LogP contribution in [-0.4, -0.2) is 48.4 Å². The Kier molecular flexibility index (Phi) is 8.32. The van der Waals surface area contributed by atoms with Crippen molar-refractivity contribution in [2.24, 2.45) is 5.73 Å². The van der Waals surface area contributed by atoms with Gasteiger partial charge in [0.1, 0.15) is 4.90 Å². The van der Waals surface area contributed by atoms with Crippen molar-refractivity contribution in [3.05, 3.63) is 34.8 Å². The molecule has 3 rings (SSSR count). The van der Waals surface area contributed by atoms with Crippen LogP contribution in [0.3, 0.4) is 0 Å². The fourth-order valence-corrected chi connectivity index (χ4v) is 7.29. The normalized spacial score (nSPS) is 15.1. The Hall–Kier alpha value is -1.95. The van der Waals surface area contributed by atoms with Gasteiger partial charge in [0, 0.05) is 18.0 Å². The third-order valence-electron chi connectivity index (χ3n) is 5.44. The maximum atomic E-state index is 13.3. The Morgan fingerprint density at radius 2 is 1.94 bits per heavy atom. The summed E-state index contributed by atoms with van der Waals surface area (Å²) >= 11 is 2.57. The zero-order valence-corrected chi connectivity index (χ0v) is 20.6. The highest BCUT2D eigenvalue weighted by Gasteiger charge is 2.31. The highest BCUT2D eigenvalue weighted by molar-refractivity contribution is 8.01. The van der Waals surface area contributed by atoms with Gasteiger partial charge in [-0.25, -0.2) is 13.4 Å². The molecule has 1 aromatic heterocycles. The van der Waals surface area contributed by atoms with E-state index in [4.69, 9.17) is 5.73 Å². The van der Waals surface area contributed by atoms with Crippen LogP contribution in [0, 0.1) is 6.92 Å². The smallest absolute Gasteiger partial charge is 0.245 e. The Morgan fingerprint density at radius 3 is 2.62 bits per heavy atom. The minimum atomic E-state index is -3.74. The van der Waals surface area contributed by atoms with Gasteiger partial charge in [0.15, 0.2) is 4.34 Å². The van der Waals surface area contributed by atoms with Crippen molar-refractivity contribution in [1.29, 1.82) is 0 Å². The van der Waals surface area contributed by atoms with Gasteiger partial charge in [-0.1, -0.05) is 43.2 Å². The van der Waals surface area contributed by atoms with E-state index in [-0.39, 0.29) is 34.7 Å². The first-order valence-corrected chi connectivity index (χ1v) is 13.7. The summed E-state index contributed by atoms with van der Waals surface area (Å²) in [7, 11) is -2.12. The summed E-state index contributed by atoms with van der Waals surface area (Å²) in [6.45, 7) is 1.79. The lowest BCUT2D eigenvalue weighted by Crippen LogP contribution is -2.38. The van der Waals surface area contributed by atoms with Crippen LogP contribution in [0.4, 0.5) is 5.69 Å². The second-order valence-corrected chi connectivity index (χ2v) is 12.0. The minimum absolute atomic E-state index is 0.0178. The van der Waals surface area contributed by atoms with E-state index in [1.165, 1.54) is 33.5 Å². The van der Waals surface area contributed by atoms with Crippen molar-refractivity contribution in [3.63, 3.8) is 0 Å². The summed E-state index contributed by atoms with van der Waals surface area (Å²) < 4.78 is 28.6. The summed E-state index contributed by atoms with van der Waals surface area (Å²) in [5.74, 6) is -0.695. The number of anilines is 1. The minimum Gasteiger partial charge on any atom is -0.369 e. The van der Waals surface area contributed by atoms with E-state index < -0.39 is 15.9 Å². The predicted molar refractivity (Wildman–Crippen MR) is 127 cm³/mol. The highest BCUT2D eigenvalue weighted by atomic mass is 32.2. The van der Waals surface area contributed by atoms with Crippen molar-refractivity contribution in [2.75, 3.05) is 18.1 Å². The van der Waals surface area contributed by atoms with Crippen LogP contribution in [0.5, 0.6) is 0 Å². The molecule has 0 unspecified atom stereocenters. The van der Waals surface area contributed by atoms with Crippen LogP contribution in [0.25, 0.3) is 0 Å². The Morgan fingerprint density at radius 1 is 1.25 bits per heavy atom. The molecule has 1 aliphatic rings. The van der Waals surface area contributed by atoms with Gasteiger partial charge in [0.05, 0.1) is 23.6 Å². The van der Waals surface area contributed by atoms with Crippen molar-refractivity contribution in [1.82, 2.24) is 9.29 Å². The summed E-state index contributed by atoms with van der Waals surface area (Å²) in [5, 5.41) is 2.74. The van der Waals surface area contributed by atoms with E-state index in [9.17, 15) is 18.0 Å². The fraction of sp³-hybridized carbons (Fsp3) is 0.476. The van der Waals surface area contributed by atoms with Crippen molar-refractivity contribution in [3.8, 4) is 0 Å². The van der Waals surface area contributed by atoms with Crippen LogP contribution in [0.2, 0.25) is 0 Å². The van der Waals surface area contributed by atoms with Gasteiger partial charge in [0.2, 0.25) is 21.8 Å². The molecule has 1 aromatic carbocycles. The quantitative estimate of drug-likeness (QED) is 0.514. The number of thiazole rings is 1. The van der Waals surface area contributed by atoms with Gasteiger partial charge in [-0.2, -0.15) is 4.31 Å². The molecule has 8 nitrogen and oxygen atoms in total. The van der Waals surface area contributed by atoms with E-state index in [1.54, 1.807) is 32.2 Å². The molecule has 0 aliphatic heterocycles. The van der Waals surface area contributed by atoms with E-state index >= 15 is 0 Å². The number of carbonyl (C=O) groups excluding carboxylic acids is 2. The molecule has 1 saturated carbocycles. The first kappa shape index (κ1) is 24.7. The molecule has 0 atom stereocenters. The van der Waals surface area contributed by atoms with E-state index in [0.717, 1.165) is 42.7 Å². The number of hydrogen-bond acceptors (Lipinski definition) is 7. The number of aromatic nitrogens is 1. The lowest BCUT2D eigenvalue weighted by atomic mass is 9.96. The summed E-state index contributed by atoms with van der Waals surface area (Å²) in [6.07, 6.45) is 5.01. The topological polar surface area (TPSA) is 122 Å². The second kappa shape index (κ2) is 10.8. The highest BCUT2D eigenvalue weighted by Crippen LogP contribution is 2.31. The zero-order chi connectivity index (χ0) is 23.3. The van der Waals surface area contributed by atoms with Crippen molar-refractivity contribution >= 4 is 50.6 Å². The average molecular weight is 497 g/mol. The number of hydrogen-bond donors (Lipinski definition) is 2. The molecule has 1 aliphatic carbocycles. The first-order valence-electron chi connectivity index (χ1n) is 10.4. The molecular weight excluding hydrogens is 468 g/mol. The van der Waals surface area contributed by atoms with Crippen LogP contribution in [-0.2, 0) is 26.0 Å². The van der Waals surface area contributed by atoms with Crippen LogP contribution < -0.4 is 11.1 Å². The number of primary amides is 1. The summed E-state index contributed by atoms with van der Waals surface area (Å²) in [4.78, 5) is 29.0. The number of nitrogens with one attached hydrogen (secondary N) is 1. The largest absolute Gasteiger partial charge is 0.369 e. The third-order valence-corrected chi connectivity index (χ3v) is 9.71. The van der Waals surface area contributed by atoms with Gasteiger partial charge in [-0.05, 0) is 31.9 Å². The second-order valence-electron chi connectivity index (χ2n) is 7.78. The van der Waals surface area contributed by atoms with Gasteiger partial charge in [-0.3, -0.25) is 9.59 Å². The standard InChI is InChI=1S/C21H28N4O4S3/c1-14-17(12-19(22)26)31-21(23-14)30-13-20(27)24-16-10-6-7-11-18(16)32(28,29)25(2)15-8-4-3-5-9-15/h6-7,10-11,15H,3-5,8-9,12-13H2,1-2H3,(H2,22,26)(H,24,27). The van der Waals surface area contributed by atoms with E-state index in [2.05, 4.69) is 10.3 Å². The van der Waals surface area contributed by atoms with Crippen molar-refractivity contribution < 1.29 is 18.0 Å². The number of rotatable bonds is 9. The molecule has 1 fully saturated rings. The van der Waals surface area contributed by atoms with Gasteiger partial charge < -0.3 is 11.1 Å². The van der Waals surface area contributed by atoms with E-state index in [1.807, 2.05) is 0 Å². The lowest BCUT2D eigenvalue weighted by molar-refractivity contribution is -0.117. The molecule has 0 bridgehead atoms. The predicted octanol–water partition coefficient (Wildman–Crippen LogP) is 3.16. The molecule has 0 spiro atoms. The van der Waals surface area contributed by atoms with Gasteiger partial charge in [-0.15, -0.1) is 11.3 Å². The third kappa shape index (κ3) is 6.09. The number of thioether (sulfide) groups is 1. The first-order chi connectivity index (χ1) is 15.2. The van der Waals surface area contributed by atoms with E-state index in [0.29, 0.717) is 4.34 Å².